The van der Waals surface area contributed by atoms with Crippen LogP contribution in [0.4, 0.5) is 5.69 Å². The summed E-state index contributed by atoms with van der Waals surface area (Å²) in [4.78, 5) is 28.3. The van der Waals surface area contributed by atoms with Gasteiger partial charge < -0.3 is 10.3 Å². The van der Waals surface area contributed by atoms with Gasteiger partial charge in [0.15, 0.2) is 0 Å². The largest absolute Gasteiger partial charge is 0.326 e. The molecule has 27 heavy (non-hydrogen) atoms. The van der Waals surface area contributed by atoms with Crippen molar-refractivity contribution in [1.29, 1.82) is 0 Å². The maximum Gasteiger partial charge on any atom is 0.248 e. The molecule has 2 aromatic carbocycles. The lowest BCUT2D eigenvalue weighted by molar-refractivity contribution is -0.115. The highest BCUT2D eigenvalue weighted by atomic mass is 32.2. The van der Waals surface area contributed by atoms with Crippen LogP contribution in [-0.2, 0) is 10.2 Å². The summed E-state index contributed by atoms with van der Waals surface area (Å²) < 4.78 is 0. The number of H-pyrrole nitrogens is 1. The molecule has 3 rings (SSSR count). The summed E-state index contributed by atoms with van der Waals surface area (Å²) in [5, 5.41) is 3.92. The number of amides is 1. The minimum absolute atomic E-state index is 0.0351. The number of rotatable bonds is 5. The van der Waals surface area contributed by atoms with Crippen LogP contribution in [0.1, 0.15) is 32.8 Å². The number of carbonyl (C=O) groups is 1. The Hall–Kier alpha value is -2.53. The van der Waals surface area contributed by atoms with E-state index in [1.165, 1.54) is 0 Å². The van der Waals surface area contributed by atoms with Gasteiger partial charge in [-0.15, -0.1) is 11.8 Å². The lowest BCUT2D eigenvalue weighted by Gasteiger charge is -2.21. The molecule has 0 spiro atoms. The first-order valence-electron chi connectivity index (χ1n) is 8.98. The van der Waals surface area contributed by atoms with E-state index in [9.17, 15) is 9.59 Å². The Kier molecular flexibility index (Phi) is 5.71. The fourth-order valence-electron chi connectivity index (χ4n) is 2.96. The van der Waals surface area contributed by atoms with Gasteiger partial charge in [0.05, 0.1) is 5.52 Å². The van der Waals surface area contributed by atoms with Gasteiger partial charge in [0.2, 0.25) is 11.5 Å². The van der Waals surface area contributed by atoms with Crippen LogP contribution in [0.5, 0.6) is 0 Å². The topological polar surface area (TPSA) is 62.0 Å². The molecule has 140 valence electrons. The quantitative estimate of drug-likeness (QED) is 0.616. The van der Waals surface area contributed by atoms with Crippen LogP contribution in [-0.4, -0.2) is 16.6 Å². The highest BCUT2D eigenvalue weighted by Crippen LogP contribution is 2.29. The number of aromatic nitrogens is 1. The average Bonchev–Trinajstić information content (AvgIpc) is 2.61. The average molecular weight is 381 g/mol. The zero-order valence-corrected chi connectivity index (χ0v) is 16.7. The van der Waals surface area contributed by atoms with Crippen LogP contribution in [0.2, 0.25) is 0 Å². The van der Waals surface area contributed by atoms with Crippen LogP contribution in [0.15, 0.2) is 64.3 Å². The Balaban J connectivity index is 1.70. The number of pyridine rings is 1. The standard InChI is InChI=1S/C22H24N2O2S/c1-22(2,3)18-14-21(26)24-19-13-15(9-10-17(18)19)23-20(25)11-12-27-16-7-5-4-6-8-16/h4-10,13-14H,11-12H2,1-3H3,(H,23,25)(H,24,26). The first-order valence-corrected chi connectivity index (χ1v) is 9.97. The van der Waals surface area contributed by atoms with Gasteiger partial charge in [-0.2, -0.15) is 0 Å². The van der Waals surface area contributed by atoms with Gasteiger partial charge in [-0.3, -0.25) is 9.59 Å². The van der Waals surface area contributed by atoms with Gasteiger partial charge in [0, 0.05) is 34.2 Å². The van der Waals surface area contributed by atoms with Crippen LogP contribution in [0.25, 0.3) is 10.9 Å². The SMILES string of the molecule is CC(C)(C)c1cc(=O)[nH]c2cc(NC(=O)CCSc3ccccc3)ccc12. The van der Waals surface area contributed by atoms with Crippen LogP contribution in [0.3, 0.4) is 0 Å². The number of benzene rings is 2. The smallest absolute Gasteiger partial charge is 0.248 e. The van der Waals surface area contributed by atoms with E-state index in [1.54, 1.807) is 17.8 Å². The van der Waals surface area contributed by atoms with E-state index < -0.39 is 0 Å². The molecule has 2 N–H and O–H groups in total. The molecule has 0 atom stereocenters. The van der Waals surface area contributed by atoms with E-state index in [0.717, 1.165) is 21.4 Å². The van der Waals surface area contributed by atoms with Crippen LogP contribution < -0.4 is 10.9 Å². The maximum absolute atomic E-state index is 12.2. The van der Waals surface area contributed by atoms with Crippen LogP contribution in [0, 0.1) is 0 Å². The number of fused-ring (bicyclic) bond motifs is 1. The molecular weight excluding hydrogens is 356 g/mol. The number of hydrogen-bond donors (Lipinski definition) is 2. The normalized spacial score (nSPS) is 11.5. The number of carbonyl (C=O) groups excluding carboxylic acids is 1. The van der Waals surface area contributed by atoms with Gasteiger partial charge in [0.1, 0.15) is 0 Å². The van der Waals surface area contributed by atoms with Crippen molar-refractivity contribution in [3.05, 3.63) is 70.5 Å². The Morgan fingerprint density at radius 2 is 1.81 bits per heavy atom. The molecule has 0 fully saturated rings. The third-order valence-electron chi connectivity index (χ3n) is 4.28. The van der Waals surface area contributed by atoms with Crippen molar-refractivity contribution >= 4 is 34.3 Å². The van der Waals surface area contributed by atoms with Crippen molar-refractivity contribution in [2.45, 2.75) is 37.5 Å². The third-order valence-corrected chi connectivity index (χ3v) is 5.29. The first-order chi connectivity index (χ1) is 12.8. The Bertz CT molecular complexity index is 1000. The Morgan fingerprint density at radius 1 is 1.07 bits per heavy atom. The molecule has 5 heteroatoms. The molecule has 3 aromatic rings. The maximum atomic E-state index is 12.2. The van der Waals surface area contributed by atoms with Crippen molar-refractivity contribution in [3.63, 3.8) is 0 Å². The first kappa shape index (κ1) is 19.2. The number of aromatic amines is 1. The van der Waals surface area contributed by atoms with E-state index in [-0.39, 0.29) is 16.9 Å². The van der Waals surface area contributed by atoms with E-state index in [1.807, 2.05) is 48.5 Å². The zero-order valence-electron chi connectivity index (χ0n) is 15.8. The van der Waals surface area contributed by atoms with Gasteiger partial charge in [-0.05, 0) is 35.2 Å². The minimum atomic E-state index is -0.133. The molecule has 0 saturated heterocycles. The van der Waals surface area contributed by atoms with E-state index >= 15 is 0 Å². The summed E-state index contributed by atoms with van der Waals surface area (Å²) in [6, 6.07) is 17.4. The van der Waals surface area contributed by atoms with E-state index in [0.29, 0.717) is 17.9 Å². The highest BCUT2D eigenvalue weighted by molar-refractivity contribution is 7.99. The zero-order chi connectivity index (χ0) is 19.4. The second-order valence-corrected chi connectivity index (χ2v) is 8.69. The monoisotopic (exact) mass is 380 g/mol. The van der Waals surface area contributed by atoms with Gasteiger partial charge in [-0.25, -0.2) is 0 Å². The summed E-state index contributed by atoms with van der Waals surface area (Å²) >= 11 is 1.66. The number of thioether (sulfide) groups is 1. The molecule has 1 amide bonds. The molecule has 0 bridgehead atoms. The summed E-state index contributed by atoms with van der Waals surface area (Å²) in [6.45, 7) is 6.25. The molecule has 4 nitrogen and oxygen atoms in total. The molecule has 1 heterocycles. The second kappa shape index (κ2) is 8.01. The molecule has 0 aliphatic heterocycles. The second-order valence-electron chi connectivity index (χ2n) is 7.52. The number of nitrogens with one attached hydrogen (secondary N) is 2. The molecule has 0 unspecified atom stereocenters. The number of anilines is 1. The number of hydrogen-bond acceptors (Lipinski definition) is 3. The summed E-state index contributed by atoms with van der Waals surface area (Å²) in [5.74, 6) is 0.682. The predicted molar refractivity (Wildman–Crippen MR) is 114 cm³/mol. The molecule has 0 radical (unpaired) electrons. The fourth-order valence-corrected chi connectivity index (χ4v) is 3.83. The van der Waals surface area contributed by atoms with Crippen molar-refractivity contribution in [1.82, 2.24) is 4.98 Å². The fraction of sp³-hybridized carbons (Fsp3) is 0.273. The van der Waals surface area contributed by atoms with Gasteiger partial charge in [0.25, 0.3) is 0 Å². The molecule has 1 aromatic heterocycles. The molecule has 0 aliphatic carbocycles. The minimum Gasteiger partial charge on any atom is -0.326 e. The van der Waals surface area contributed by atoms with Crippen LogP contribution >= 0.6 is 11.8 Å². The lowest BCUT2D eigenvalue weighted by atomic mass is 9.85. The molecular formula is C22H24N2O2S. The predicted octanol–water partition coefficient (Wildman–Crippen LogP) is 4.95. The van der Waals surface area contributed by atoms with Gasteiger partial charge in [-0.1, -0.05) is 45.0 Å². The van der Waals surface area contributed by atoms with Crippen molar-refractivity contribution in [3.8, 4) is 0 Å². The lowest BCUT2D eigenvalue weighted by Crippen LogP contribution is -2.17. The van der Waals surface area contributed by atoms with E-state index in [4.69, 9.17) is 0 Å². The third kappa shape index (κ3) is 5.01. The summed E-state index contributed by atoms with van der Waals surface area (Å²) in [6.07, 6.45) is 0.427. The highest BCUT2D eigenvalue weighted by Gasteiger charge is 2.18. The van der Waals surface area contributed by atoms with Gasteiger partial charge >= 0.3 is 0 Å². The van der Waals surface area contributed by atoms with Crippen molar-refractivity contribution in [2.75, 3.05) is 11.1 Å². The summed E-state index contributed by atoms with van der Waals surface area (Å²) in [7, 11) is 0. The molecule has 0 saturated carbocycles. The molecule has 0 aliphatic rings. The van der Waals surface area contributed by atoms with Crippen molar-refractivity contribution < 1.29 is 4.79 Å². The Morgan fingerprint density at radius 3 is 2.52 bits per heavy atom. The van der Waals surface area contributed by atoms with E-state index in [2.05, 4.69) is 31.1 Å². The van der Waals surface area contributed by atoms with Crippen molar-refractivity contribution in [2.24, 2.45) is 0 Å². The summed E-state index contributed by atoms with van der Waals surface area (Å²) in [5.41, 5.74) is 2.17. The Labute approximate surface area is 163 Å².